The number of rotatable bonds is 6. The minimum absolute atomic E-state index is 0.0309. The van der Waals surface area contributed by atoms with E-state index in [2.05, 4.69) is 15.8 Å². The molecule has 0 spiro atoms. The van der Waals surface area contributed by atoms with Crippen molar-refractivity contribution in [2.24, 2.45) is 11.0 Å². The smallest absolute Gasteiger partial charge is 0.255 e. The van der Waals surface area contributed by atoms with Gasteiger partial charge in [-0.05, 0) is 29.8 Å². The van der Waals surface area contributed by atoms with Crippen LogP contribution in [0.15, 0.2) is 41.5 Å². The molecule has 0 bridgehead atoms. The lowest BCUT2D eigenvalue weighted by atomic mass is 9.94. The Balaban J connectivity index is 1.78. The molecular formula is C21H23N3O5. The largest absolute Gasteiger partial charge is 0.493 e. The molecule has 152 valence electrons. The lowest BCUT2D eigenvalue weighted by Crippen LogP contribution is -2.31. The van der Waals surface area contributed by atoms with Gasteiger partial charge in [0.25, 0.3) is 5.91 Å². The van der Waals surface area contributed by atoms with Crippen molar-refractivity contribution in [3.05, 3.63) is 47.5 Å². The fourth-order valence-electron chi connectivity index (χ4n) is 3.14. The second kappa shape index (κ2) is 8.64. The van der Waals surface area contributed by atoms with Crippen LogP contribution in [0, 0.1) is 5.92 Å². The fourth-order valence-corrected chi connectivity index (χ4v) is 3.14. The van der Waals surface area contributed by atoms with Crippen LogP contribution in [-0.2, 0) is 4.79 Å². The summed E-state index contributed by atoms with van der Waals surface area (Å²) in [5.74, 6) is 0.856. The molecule has 2 N–H and O–H groups in total. The predicted molar refractivity (Wildman–Crippen MR) is 109 cm³/mol. The number of nitrogens with one attached hydrogen (secondary N) is 2. The number of carbonyl (C=O) groups excluding carboxylic acids is 2. The van der Waals surface area contributed by atoms with Crippen LogP contribution in [0.4, 0.5) is 5.69 Å². The zero-order chi connectivity index (χ0) is 21.0. The molecule has 2 aromatic rings. The molecule has 2 aromatic carbocycles. The van der Waals surface area contributed by atoms with Crippen molar-refractivity contribution in [2.45, 2.75) is 13.3 Å². The molecule has 0 fully saturated rings. The minimum atomic E-state index is -0.312. The first-order valence-electron chi connectivity index (χ1n) is 9.05. The summed E-state index contributed by atoms with van der Waals surface area (Å²) in [7, 11) is 4.49. The van der Waals surface area contributed by atoms with Crippen molar-refractivity contribution in [2.75, 3.05) is 26.6 Å². The third-order valence-corrected chi connectivity index (χ3v) is 4.62. The van der Waals surface area contributed by atoms with E-state index in [1.165, 1.54) is 21.3 Å². The number of hydrazone groups is 1. The third kappa shape index (κ3) is 4.31. The van der Waals surface area contributed by atoms with Gasteiger partial charge in [-0.3, -0.25) is 9.59 Å². The predicted octanol–water partition coefficient (Wildman–Crippen LogP) is 2.82. The van der Waals surface area contributed by atoms with Gasteiger partial charge in [-0.2, -0.15) is 5.10 Å². The van der Waals surface area contributed by atoms with Gasteiger partial charge in [0, 0.05) is 23.6 Å². The number of ether oxygens (including phenoxy) is 3. The number of hydrogen-bond donors (Lipinski definition) is 2. The van der Waals surface area contributed by atoms with Crippen LogP contribution < -0.4 is 25.0 Å². The lowest BCUT2D eigenvalue weighted by molar-refractivity contribution is -0.121. The first kappa shape index (κ1) is 20.2. The Hall–Kier alpha value is -3.55. The average molecular weight is 397 g/mol. The molecule has 1 heterocycles. The maximum atomic E-state index is 12.7. The SMILES string of the molecule is COc1cc(C(=O)Nc2ccc(C3=NNC(=O)CC3C)cc2)cc(OC)c1OC. The Morgan fingerprint density at radius 3 is 2.21 bits per heavy atom. The molecule has 2 amide bonds. The Morgan fingerprint density at radius 2 is 1.69 bits per heavy atom. The zero-order valence-corrected chi connectivity index (χ0v) is 16.7. The highest BCUT2D eigenvalue weighted by atomic mass is 16.5. The molecule has 8 nitrogen and oxygen atoms in total. The zero-order valence-electron chi connectivity index (χ0n) is 16.7. The minimum Gasteiger partial charge on any atom is -0.493 e. The number of nitrogens with zero attached hydrogens (tertiary/aromatic N) is 1. The second-order valence-electron chi connectivity index (χ2n) is 6.58. The standard InChI is InChI=1S/C21H23N3O5/c1-12-9-18(25)23-24-19(12)13-5-7-15(8-6-13)22-21(26)14-10-16(27-2)20(29-4)17(11-14)28-3/h5-8,10-12H,9H2,1-4H3,(H,22,26)(H,23,25). The van der Waals surface area contributed by atoms with Crippen molar-refractivity contribution < 1.29 is 23.8 Å². The molecule has 1 aliphatic rings. The first-order valence-corrected chi connectivity index (χ1v) is 9.05. The Kier molecular flexibility index (Phi) is 6.01. The Labute approximate surface area is 168 Å². The average Bonchev–Trinajstić information content (AvgIpc) is 2.73. The summed E-state index contributed by atoms with van der Waals surface area (Å²) in [6.07, 6.45) is 0.401. The highest BCUT2D eigenvalue weighted by molar-refractivity contribution is 6.07. The van der Waals surface area contributed by atoms with Crippen LogP contribution >= 0.6 is 0 Å². The Morgan fingerprint density at radius 1 is 1.07 bits per heavy atom. The molecule has 1 atom stereocenters. The van der Waals surface area contributed by atoms with Gasteiger partial charge >= 0.3 is 0 Å². The molecule has 0 aromatic heterocycles. The van der Waals surface area contributed by atoms with E-state index in [0.717, 1.165) is 11.3 Å². The maximum absolute atomic E-state index is 12.7. The third-order valence-electron chi connectivity index (χ3n) is 4.62. The van der Waals surface area contributed by atoms with Crippen LogP contribution in [0.1, 0.15) is 29.3 Å². The van der Waals surface area contributed by atoms with Gasteiger partial charge in [0.2, 0.25) is 11.7 Å². The number of hydrogen-bond acceptors (Lipinski definition) is 6. The van der Waals surface area contributed by atoms with Crippen molar-refractivity contribution >= 4 is 23.2 Å². The summed E-state index contributed by atoms with van der Waals surface area (Å²) in [6.45, 7) is 1.96. The topological polar surface area (TPSA) is 98.2 Å². The molecule has 1 unspecified atom stereocenters. The molecule has 1 aliphatic heterocycles. The van der Waals surface area contributed by atoms with Gasteiger partial charge in [0.05, 0.1) is 27.0 Å². The number of methoxy groups -OCH3 is 3. The van der Waals surface area contributed by atoms with Crippen LogP contribution in [0.25, 0.3) is 0 Å². The van der Waals surface area contributed by atoms with Crippen molar-refractivity contribution in [1.82, 2.24) is 5.43 Å². The van der Waals surface area contributed by atoms with Crippen molar-refractivity contribution in [1.29, 1.82) is 0 Å². The highest BCUT2D eigenvalue weighted by Gasteiger charge is 2.22. The van der Waals surface area contributed by atoms with Gasteiger partial charge in [-0.15, -0.1) is 0 Å². The van der Waals surface area contributed by atoms with E-state index >= 15 is 0 Å². The second-order valence-corrected chi connectivity index (χ2v) is 6.58. The summed E-state index contributed by atoms with van der Waals surface area (Å²) in [5.41, 5.74) is 5.21. The number of anilines is 1. The molecule has 0 saturated heterocycles. The number of amides is 2. The molecule has 8 heteroatoms. The lowest BCUT2D eigenvalue weighted by Gasteiger charge is -2.19. The van der Waals surface area contributed by atoms with Gasteiger partial charge in [-0.25, -0.2) is 5.43 Å². The molecule has 29 heavy (non-hydrogen) atoms. The monoisotopic (exact) mass is 397 g/mol. The van der Waals surface area contributed by atoms with E-state index < -0.39 is 0 Å². The normalized spacial score (nSPS) is 15.8. The van der Waals surface area contributed by atoms with Crippen LogP contribution in [0.5, 0.6) is 17.2 Å². The summed E-state index contributed by atoms with van der Waals surface area (Å²) in [6, 6.07) is 10.5. The van der Waals surface area contributed by atoms with Crippen LogP contribution in [0.3, 0.4) is 0 Å². The molecule has 0 radical (unpaired) electrons. The summed E-state index contributed by atoms with van der Waals surface area (Å²) < 4.78 is 15.9. The van der Waals surface area contributed by atoms with E-state index in [1.54, 1.807) is 24.3 Å². The van der Waals surface area contributed by atoms with E-state index in [4.69, 9.17) is 14.2 Å². The summed E-state index contributed by atoms with van der Waals surface area (Å²) in [5, 5.41) is 6.99. The number of carbonyl (C=O) groups is 2. The van der Waals surface area contributed by atoms with Crippen LogP contribution in [-0.4, -0.2) is 38.9 Å². The molecule has 3 rings (SSSR count). The fraction of sp³-hybridized carbons (Fsp3) is 0.286. The Bertz CT molecular complexity index is 928. The van der Waals surface area contributed by atoms with Crippen molar-refractivity contribution in [3.63, 3.8) is 0 Å². The van der Waals surface area contributed by atoms with Gasteiger partial charge < -0.3 is 19.5 Å². The van der Waals surface area contributed by atoms with Crippen molar-refractivity contribution in [3.8, 4) is 17.2 Å². The quantitative estimate of drug-likeness (QED) is 0.781. The first-order chi connectivity index (χ1) is 14.0. The molecule has 0 aliphatic carbocycles. The van der Waals surface area contributed by atoms with E-state index in [1.807, 2.05) is 19.1 Å². The molecular weight excluding hydrogens is 374 g/mol. The summed E-state index contributed by atoms with van der Waals surface area (Å²) in [4.78, 5) is 24.1. The summed E-state index contributed by atoms with van der Waals surface area (Å²) >= 11 is 0. The highest BCUT2D eigenvalue weighted by Crippen LogP contribution is 2.38. The van der Waals surface area contributed by atoms with Gasteiger partial charge in [0.15, 0.2) is 11.5 Å². The van der Waals surface area contributed by atoms with E-state index in [-0.39, 0.29) is 17.7 Å². The number of benzene rings is 2. The van der Waals surface area contributed by atoms with E-state index in [9.17, 15) is 9.59 Å². The maximum Gasteiger partial charge on any atom is 0.255 e. The van der Waals surface area contributed by atoms with Gasteiger partial charge in [0.1, 0.15) is 0 Å². The van der Waals surface area contributed by atoms with E-state index in [0.29, 0.717) is 34.9 Å². The molecule has 0 saturated carbocycles. The van der Waals surface area contributed by atoms with Crippen LogP contribution in [0.2, 0.25) is 0 Å². The van der Waals surface area contributed by atoms with Gasteiger partial charge in [-0.1, -0.05) is 19.1 Å².